The van der Waals surface area contributed by atoms with Gasteiger partial charge in [0.15, 0.2) is 22.6 Å². The van der Waals surface area contributed by atoms with Crippen LogP contribution in [-0.2, 0) is 0 Å². The van der Waals surface area contributed by atoms with Crippen LogP contribution in [0.25, 0.3) is 11.0 Å². The van der Waals surface area contributed by atoms with Crippen LogP contribution in [0, 0.1) is 21.6 Å². The van der Waals surface area contributed by atoms with Gasteiger partial charge >= 0.3 is 0 Å². The highest BCUT2D eigenvalue weighted by atomic mass is 32.2. The minimum absolute atomic E-state index is 0.00384. The van der Waals surface area contributed by atoms with Crippen molar-refractivity contribution in [1.82, 2.24) is 15.6 Å². The Morgan fingerprint density at radius 2 is 2.42 bits per heavy atom. The number of nitrogens with one attached hydrogen (secondary N) is 1. The molecule has 1 heterocycles. The summed E-state index contributed by atoms with van der Waals surface area (Å²) in [5, 5.41) is 29.3. The van der Waals surface area contributed by atoms with Crippen LogP contribution < -0.4 is 5.32 Å². The molecule has 0 fully saturated rings. The molecule has 0 saturated heterocycles. The largest absolute Gasteiger partial charge is 0.297 e. The highest BCUT2D eigenvalue weighted by Crippen LogP contribution is 2.34. The molecule has 19 heavy (non-hydrogen) atoms. The van der Waals surface area contributed by atoms with Crippen LogP contribution in [0.3, 0.4) is 0 Å². The van der Waals surface area contributed by atoms with Crippen molar-refractivity contribution in [2.24, 2.45) is 4.99 Å². The molecule has 0 radical (unpaired) electrons. The number of hydrogen-bond acceptors (Lipinski definition) is 8. The zero-order chi connectivity index (χ0) is 13.8. The third kappa shape index (κ3) is 2.45. The van der Waals surface area contributed by atoms with Gasteiger partial charge in [0.05, 0.1) is 4.92 Å². The molecule has 0 saturated carbocycles. The Morgan fingerprint density at radius 3 is 3.05 bits per heavy atom. The number of nitrogens with zero attached hydrogens (tertiary/aromatic N) is 5. The number of nitro benzene ring substituents is 1. The summed E-state index contributed by atoms with van der Waals surface area (Å²) in [6, 6.07) is 2.68. The fourth-order valence-electron chi connectivity index (χ4n) is 1.36. The molecule has 1 N–H and O–H groups in total. The Labute approximate surface area is 110 Å². The molecule has 1 aromatic heterocycles. The van der Waals surface area contributed by atoms with E-state index in [0.29, 0.717) is 5.52 Å². The van der Waals surface area contributed by atoms with Crippen molar-refractivity contribution in [3.8, 4) is 6.19 Å². The monoisotopic (exact) mass is 278 g/mol. The van der Waals surface area contributed by atoms with Crippen molar-refractivity contribution >= 4 is 39.3 Å². The van der Waals surface area contributed by atoms with Crippen molar-refractivity contribution in [3.05, 3.63) is 22.2 Å². The topological polar surface area (TPSA) is 130 Å². The second-order valence-corrected chi connectivity index (χ2v) is 3.98. The second kappa shape index (κ2) is 5.32. The predicted molar refractivity (Wildman–Crippen MR) is 67.8 cm³/mol. The molecule has 0 aliphatic carbocycles. The summed E-state index contributed by atoms with van der Waals surface area (Å²) in [6.07, 6.45) is 3.38. The molecule has 0 atom stereocenters. The number of nitro groups is 1. The highest BCUT2D eigenvalue weighted by Gasteiger charge is 2.20. The van der Waals surface area contributed by atoms with Crippen molar-refractivity contribution in [2.75, 3.05) is 6.26 Å². The lowest BCUT2D eigenvalue weighted by Gasteiger charge is -2.00. The maximum Gasteiger partial charge on any atom is 0.297 e. The summed E-state index contributed by atoms with van der Waals surface area (Å²) in [5.74, 6) is 0. The lowest BCUT2D eigenvalue weighted by atomic mass is 10.2. The van der Waals surface area contributed by atoms with Crippen molar-refractivity contribution in [1.29, 1.82) is 5.26 Å². The number of aliphatic imine (C=N–C) groups is 1. The number of rotatable bonds is 2. The summed E-state index contributed by atoms with van der Waals surface area (Å²) in [4.78, 5) is 14.4. The van der Waals surface area contributed by atoms with Crippen molar-refractivity contribution in [2.45, 2.75) is 0 Å². The first-order valence-electron chi connectivity index (χ1n) is 4.84. The molecule has 10 heteroatoms. The third-order valence-corrected chi connectivity index (χ3v) is 2.73. The molecule has 0 unspecified atom stereocenters. The molecule has 0 spiro atoms. The van der Waals surface area contributed by atoms with E-state index in [1.165, 1.54) is 12.1 Å². The van der Waals surface area contributed by atoms with Crippen LogP contribution in [0.2, 0.25) is 0 Å². The predicted octanol–water partition coefficient (Wildman–Crippen LogP) is 1.55. The number of aromatic nitrogens is 2. The summed E-state index contributed by atoms with van der Waals surface area (Å²) >= 11 is 1.14. The molecule has 9 nitrogen and oxygen atoms in total. The molecule has 2 rings (SSSR count). The van der Waals surface area contributed by atoms with E-state index in [4.69, 9.17) is 5.26 Å². The molecule has 96 valence electrons. The first kappa shape index (κ1) is 12.8. The fourth-order valence-corrected chi connectivity index (χ4v) is 1.69. The van der Waals surface area contributed by atoms with E-state index in [1.54, 1.807) is 12.4 Å². The number of benzene rings is 1. The summed E-state index contributed by atoms with van der Waals surface area (Å²) in [5.41, 5.74) is 0.271. The van der Waals surface area contributed by atoms with Gasteiger partial charge in [0.2, 0.25) is 0 Å². The van der Waals surface area contributed by atoms with Gasteiger partial charge in [-0.1, -0.05) is 11.8 Å². The van der Waals surface area contributed by atoms with Gasteiger partial charge in [-0.2, -0.15) is 5.26 Å². The molecule has 0 aliphatic rings. The first-order chi connectivity index (χ1) is 9.17. The average Bonchev–Trinajstić information content (AvgIpc) is 2.86. The van der Waals surface area contributed by atoms with E-state index < -0.39 is 4.92 Å². The van der Waals surface area contributed by atoms with Crippen LogP contribution >= 0.6 is 11.8 Å². The van der Waals surface area contributed by atoms with E-state index in [-0.39, 0.29) is 22.1 Å². The summed E-state index contributed by atoms with van der Waals surface area (Å²) in [6.45, 7) is 0. The van der Waals surface area contributed by atoms with Crippen LogP contribution in [0.1, 0.15) is 0 Å². The fraction of sp³-hybridized carbons (Fsp3) is 0.111. The number of thioether (sulfide) groups is 1. The van der Waals surface area contributed by atoms with Crippen LogP contribution in [-0.4, -0.2) is 26.7 Å². The van der Waals surface area contributed by atoms with Crippen LogP contribution in [0.5, 0.6) is 0 Å². The van der Waals surface area contributed by atoms with Crippen molar-refractivity contribution in [3.63, 3.8) is 0 Å². The van der Waals surface area contributed by atoms with E-state index in [1.807, 2.05) is 0 Å². The molecular weight excluding hydrogens is 272 g/mol. The lowest BCUT2D eigenvalue weighted by molar-refractivity contribution is -0.383. The Kier molecular flexibility index (Phi) is 3.58. The minimum atomic E-state index is -0.586. The van der Waals surface area contributed by atoms with E-state index in [9.17, 15) is 10.1 Å². The molecule has 2 aromatic rings. The molecule has 0 aliphatic heterocycles. The number of hydrogen-bond donors (Lipinski definition) is 1. The maximum atomic E-state index is 11.0. The standard InChI is InChI=1S/C9H6N6O3S/c1-19-9(11-4-10)12-8-6(15(16)17)3-2-5-7(8)14-18-13-5/h2-3H,1H3,(H,11,12). The van der Waals surface area contributed by atoms with Gasteiger partial charge in [-0.3, -0.25) is 15.4 Å². The van der Waals surface area contributed by atoms with Crippen LogP contribution in [0.15, 0.2) is 21.8 Å². The Hall–Kier alpha value is -2.67. The first-order valence-corrected chi connectivity index (χ1v) is 6.07. The van der Waals surface area contributed by atoms with Gasteiger partial charge in [0.1, 0.15) is 5.52 Å². The minimum Gasteiger partial charge on any atom is -0.271 e. The number of nitriles is 1. The van der Waals surface area contributed by atoms with E-state index in [0.717, 1.165) is 11.8 Å². The zero-order valence-corrected chi connectivity index (χ0v) is 10.3. The molecule has 0 bridgehead atoms. The average molecular weight is 278 g/mol. The Balaban J connectivity index is 2.68. The van der Waals surface area contributed by atoms with Gasteiger partial charge in [-0.25, -0.2) is 9.62 Å². The Morgan fingerprint density at radius 1 is 1.63 bits per heavy atom. The smallest absolute Gasteiger partial charge is 0.271 e. The van der Waals surface area contributed by atoms with Gasteiger partial charge in [0.25, 0.3) is 5.69 Å². The van der Waals surface area contributed by atoms with Crippen molar-refractivity contribution < 1.29 is 9.55 Å². The van der Waals surface area contributed by atoms with E-state index in [2.05, 4.69) is 25.3 Å². The highest BCUT2D eigenvalue weighted by molar-refractivity contribution is 8.13. The van der Waals surface area contributed by atoms with Gasteiger partial charge in [-0.05, 0) is 22.6 Å². The SMILES string of the molecule is CSC(=Nc1c([N+](=O)[O-])ccc2nonc12)NC#N. The normalized spacial score (nSPS) is 11.3. The van der Waals surface area contributed by atoms with Crippen LogP contribution in [0.4, 0.5) is 11.4 Å². The summed E-state index contributed by atoms with van der Waals surface area (Å²) < 4.78 is 4.53. The molecule has 0 amide bonds. The third-order valence-electron chi connectivity index (χ3n) is 2.15. The quantitative estimate of drug-likeness (QED) is 0.218. The maximum absolute atomic E-state index is 11.0. The summed E-state index contributed by atoms with van der Waals surface area (Å²) in [7, 11) is 0. The Bertz CT molecular complexity index is 704. The van der Waals surface area contributed by atoms with Gasteiger partial charge in [0, 0.05) is 6.07 Å². The second-order valence-electron chi connectivity index (χ2n) is 3.18. The molecule has 1 aromatic carbocycles. The van der Waals surface area contributed by atoms with Gasteiger partial charge in [-0.15, -0.1) is 0 Å². The number of amidine groups is 1. The zero-order valence-electron chi connectivity index (χ0n) is 9.52. The van der Waals surface area contributed by atoms with E-state index >= 15 is 0 Å². The van der Waals surface area contributed by atoms with Gasteiger partial charge < -0.3 is 0 Å². The lowest BCUT2D eigenvalue weighted by Crippen LogP contribution is -2.12. The molecular formula is C9H6N6O3S. The number of fused-ring (bicyclic) bond motifs is 1.